The second-order valence-corrected chi connectivity index (χ2v) is 11.5. The number of halogens is 5. The van der Waals surface area contributed by atoms with Crippen LogP contribution in [0.25, 0.3) is 22.0 Å². The van der Waals surface area contributed by atoms with Crippen molar-refractivity contribution < 1.29 is 27.1 Å². The Bertz CT molecular complexity index is 1780. The molecule has 0 spiro atoms. The standard InChI is InChI=1S/C30H26ClF4N5O3/c1-3-24(41)38-6-7-39(16(2)11-38)26-20-9-22(31)25(19-5-4-17(32)8-23(19)33)28-27(20)40(29(42)21(26)10-36)18(13-43-28)12-37-14-30(34,35)15-37/h3-5,8-9,16,18H,1,6-7,11-15H2,2H3/t16-,18?/m0/s1. The van der Waals surface area contributed by atoms with Crippen molar-refractivity contribution in [2.24, 2.45) is 0 Å². The van der Waals surface area contributed by atoms with E-state index in [9.17, 15) is 28.0 Å². The van der Waals surface area contributed by atoms with Gasteiger partial charge in [-0.1, -0.05) is 18.2 Å². The number of amides is 1. The molecule has 1 amide bonds. The minimum absolute atomic E-state index is 0.0392. The number of aromatic nitrogens is 1. The van der Waals surface area contributed by atoms with Gasteiger partial charge in [0.05, 0.1) is 35.4 Å². The van der Waals surface area contributed by atoms with E-state index in [0.717, 1.165) is 6.07 Å². The average molecular weight is 616 g/mol. The molecule has 3 aliphatic rings. The van der Waals surface area contributed by atoms with Crippen molar-refractivity contribution in [3.63, 3.8) is 0 Å². The number of nitrogens with zero attached hydrogens (tertiary/aromatic N) is 5. The molecule has 1 unspecified atom stereocenters. The average Bonchev–Trinajstić information content (AvgIpc) is 2.94. The number of hydrogen-bond acceptors (Lipinski definition) is 6. The maximum Gasteiger partial charge on any atom is 0.272 e. The van der Waals surface area contributed by atoms with Gasteiger partial charge in [0, 0.05) is 54.8 Å². The summed E-state index contributed by atoms with van der Waals surface area (Å²) in [6, 6.07) is 5.49. The van der Waals surface area contributed by atoms with Crippen LogP contribution in [0.15, 0.2) is 41.7 Å². The number of rotatable bonds is 5. The van der Waals surface area contributed by atoms with Gasteiger partial charge in [-0.25, -0.2) is 17.6 Å². The Hall–Kier alpha value is -4.08. The zero-order valence-corrected chi connectivity index (χ0v) is 23.8. The van der Waals surface area contributed by atoms with Crippen LogP contribution in [-0.4, -0.2) is 78.1 Å². The Morgan fingerprint density at radius 1 is 1.26 bits per heavy atom. The van der Waals surface area contributed by atoms with Crippen molar-refractivity contribution in [2.75, 3.05) is 50.8 Å². The molecule has 224 valence electrons. The number of piperazine rings is 1. The third-order valence-electron chi connectivity index (χ3n) is 8.25. The summed E-state index contributed by atoms with van der Waals surface area (Å²) >= 11 is 6.77. The summed E-state index contributed by atoms with van der Waals surface area (Å²) in [5.74, 6) is -4.70. The van der Waals surface area contributed by atoms with E-state index < -0.39 is 42.2 Å². The minimum atomic E-state index is -2.83. The van der Waals surface area contributed by atoms with Crippen LogP contribution in [0, 0.1) is 23.0 Å². The van der Waals surface area contributed by atoms with Crippen LogP contribution in [0.1, 0.15) is 18.5 Å². The van der Waals surface area contributed by atoms with Gasteiger partial charge >= 0.3 is 0 Å². The van der Waals surface area contributed by atoms with Gasteiger partial charge in [0.15, 0.2) is 5.75 Å². The number of likely N-dealkylation sites (tertiary alicyclic amines) is 1. The molecule has 4 heterocycles. The fourth-order valence-corrected chi connectivity index (χ4v) is 6.66. The zero-order chi connectivity index (χ0) is 30.8. The third kappa shape index (κ3) is 4.80. The van der Waals surface area contributed by atoms with Crippen LogP contribution in [0.5, 0.6) is 5.75 Å². The Morgan fingerprint density at radius 2 is 2.00 bits per heavy atom. The smallest absolute Gasteiger partial charge is 0.272 e. The number of hydrogen-bond donors (Lipinski definition) is 0. The number of nitriles is 1. The normalized spacial score (nSPS) is 21.2. The maximum atomic E-state index is 15.1. The summed E-state index contributed by atoms with van der Waals surface area (Å²) in [6.07, 6.45) is 1.22. The van der Waals surface area contributed by atoms with Crippen molar-refractivity contribution in [1.29, 1.82) is 5.26 Å². The minimum Gasteiger partial charge on any atom is -0.488 e. The van der Waals surface area contributed by atoms with E-state index in [1.54, 1.807) is 4.90 Å². The van der Waals surface area contributed by atoms with Crippen molar-refractivity contribution >= 4 is 34.1 Å². The number of anilines is 1. The lowest BCUT2D eigenvalue weighted by Gasteiger charge is -2.43. The first-order chi connectivity index (χ1) is 20.4. The SMILES string of the molecule is C=CC(=O)N1CCN(c2c(C#N)c(=O)n3c4c(c(-c5ccc(F)cc5F)c(Cl)cc24)OCC3CN2CC(F)(F)C2)[C@@H](C)C1. The lowest BCUT2D eigenvalue weighted by Crippen LogP contribution is -2.58. The molecule has 2 atom stereocenters. The largest absolute Gasteiger partial charge is 0.488 e. The van der Waals surface area contributed by atoms with E-state index in [4.69, 9.17) is 16.3 Å². The molecular formula is C30H26ClF4N5O3. The number of carbonyl (C=O) groups is 1. The third-order valence-corrected chi connectivity index (χ3v) is 8.55. The number of benzene rings is 2. The summed E-state index contributed by atoms with van der Waals surface area (Å²) in [5.41, 5.74) is -0.283. The fraction of sp³-hybridized carbons (Fsp3) is 0.367. The first-order valence-corrected chi connectivity index (χ1v) is 14.0. The van der Waals surface area contributed by atoms with Crippen LogP contribution in [0.2, 0.25) is 5.02 Å². The van der Waals surface area contributed by atoms with E-state index >= 15 is 4.39 Å². The molecule has 1 aromatic heterocycles. The molecule has 43 heavy (non-hydrogen) atoms. The van der Waals surface area contributed by atoms with Gasteiger partial charge in [-0.3, -0.25) is 19.1 Å². The molecule has 13 heteroatoms. The topological polar surface area (TPSA) is 81.8 Å². The molecule has 0 saturated carbocycles. The maximum absolute atomic E-state index is 15.1. The van der Waals surface area contributed by atoms with Gasteiger partial charge in [-0.05, 0) is 31.2 Å². The summed E-state index contributed by atoms with van der Waals surface area (Å²) in [6.45, 7) is 5.22. The van der Waals surface area contributed by atoms with Crippen LogP contribution in [0.4, 0.5) is 23.2 Å². The quantitative estimate of drug-likeness (QED) is 0.309. The van der Waals surface area contributed by atoms with Gasteiger partial charge in [-0.15, -0.1) is 0 Å². The highest BCUT2D eigenvalue weighted by Crippen LogP contribution is 2.48. The summed E-state index contributed by atoms with van der Waals surface area (Å²) in [4.78, 5) is 31.4. The van der Waals surface area contributed by atoms with E-state index in [2.05, 4.69) is 6.58 Å². The van der Waals surface area contributed by atoms with Gasteiger partial charge in [-0.2, -0.15) is 5.26 Å². The molecular weight excluding hydrogens is 590 g/mol. The van der Waals surface area contributed by atoms with Crippen molar-refractivity contribution in [3.8, 4) is 22.9 Å². The van der Waals surface area contributed by atoms with E-state index in [1.165, 1.54) is 27.7 Å². The van der Waals surface area contributed by atoms with Crippen LogP contribution < -0.4 is 15.2 Å². The second kappa shape index (κ2) is 10.6. The Morgan fingerprint density at radius 3 is 2.63 bits per heavy atom. The Kier molecular flexibility index (Phi) is 7.13. The highest BCUT2D eigenvalue weighted by molar-refractivity contribution is 6.35. The van der Waals surface area contributed by atoms with E-state index in [1.807, 2.05) is 17.9 Å². The van der Waals surface area contributed by atoms with Crippen molar-refractivity contribution in [2.45, 2.75) is 24.9 Å². The molecule has 0 radical (unpaired) electrons. The molecule has 3 aliphatic heterocycles. The highest BCUT2D eigenvalue weighted by Gasteiger charge is 2.45. The Balaban J connectivity index is 1.59. The summed E-state index contributed by atoms with van der Waals surface area (Å²) in [7, 11) is 0. The zero-order valence-electron chi connectivity index (χ0n) is 23.0. The predicted octanol–water partition coefficient (Wildman–Crippen LogP) is 4.58. The van der Waals surface area contributed by atoms with Crippen LogP contribution in [0.3, 0.4) is 0 Å². The molecule has 0 aliphatic carbocycles. The van der Waals surface area contributed by atoms with Crippen molar-refractivity contribution in [1.82, 2.24) is 14.4 Å². The van der Waals surface area contributed by atoms with Crippen LogP contribution >= 0.6 is 11.6 Å². The molecule has 2 aromatic carbocycles. The predicted molar refractivity (Wildman–Crippen MR) is 153 cm³/mol. The number of pyridine rings is 1. The molecule has 8 nitrogen and oxygen atoms in total. The molecule has 2 saturated heterocycles. The number of carbonyl (C=O) groups excluding carboxylic acids is 1. The van der Waals surface area contributed by atoms with E-state index in [-0.39, 0.29) is 70.3 Å². The first-order valence-electron chi connectivity index (χ1n) is 13.6. The first kappa shape index (κ1) is 29.0. The van der Waals surface area contributed by atoms with Crippen molar-refractivity contribution in [3.05, 3.63) is 69.5 Å². The highest BCUT2D eigenvalue weighted by atomic mass is 35.5. The van der Waals surface area contributed by atoms with Gasteiger partial charge in [0.2, 0.25) is 5.91 Å². The molecule has 3 aromatic rings. The lowest BCUT2D eigenvalue weighted by molar-refractivity contribution is -0.134. The molecule has 0 N–H and O–H groups in total. The van der Waals surface area contributed by atoms with Gasteiger partial charge in [0.25, 0.3) is 11.5 Å². The molecule has 0 bridgehead atoms. The summed E-state index contributed by atoms with van der Waals surface area (Å²) < 4.78 is 63.7. The van der Waals surface area contributed by atoms with Crippen LogP contribution in [-0.2, 0) is 4.79 Å². The monoisotopic (exact) mass is 615 g/mol. The molecule has 2 fully saturated rings. The number of alkyl halides is 2. The molecule has 6 rings (SSSR count). The fourth-order valence-electron chi connectivity index (χ4n) is 6.37. The van der Waals surface area contributed by atoms with Gasteiger partial charge in [0.1, 0.15) is 29.9 Å². The number of ether oxygens (including phenoxy) is 1. The second-order valence-electron chi connectivity index (χ2n) is 11.1. The summed E-state index contributed by atoms with van der Waals surface area (Å²) in [5, 5.41) is 10.7. The van der Waals surface area contributed by atoms with Gasteiger partial charge < -0.3 is 14.5 Å². The Labute approximate surface area is 248 Å². The lowest BCUT2D eigenvalue weighted by atomic mass is 9.96. The van der Waals surface area contributed by atoms with E-state index in [0.29, 0.717) is 24.5 Å².